The van der Waals surface area contributed by atoms with E-state index in [-0.39, 0.29) is 0 Å². The van der Waals surface area contributed by atoms with Crippen molar-refractivity contribution in [1.29, 1.82) is 0 Å². The van der Waals surface area contributed by atoms with Crippen molar-refractivity contribution in [3.05, 3.63) is 12.7 Å². The number of hydrogen-bond donors (Lipinski definition) is 1. The highest BCUT2D eigenvalue weighted by atomic mass is 16.2. The summed E-state index contributed by atoms with van der Waals surface area (Å²) in [6, 6.07) is 0.478. The van der Waals surface area contributed by atoms with Gasteiger partial charge in [0.25, 0.3) is 0 Å². The molecular weight excluding hydrogens is 236 g/mol. The summed E-state index contributed by atoms with van der Waals surface area (Å²) >= 11 is 0. The number of rotatable bonds is 7. The van der Waals surface area contributed by atoms with Crippen LogP contribution in [0.1, 0.15) is 51.4 Å². The SMILES string of the molecule is C=CCNCC[C@@H]1CCC(=O)N1CC1CCCCC1. The van der Waals surface area contributed by atoms with Crippen molar-refractivity contribution in [3.8, 4) is 0 Å². The number of carbonyl (C=O) groups is 1. The summed E-state index contributed by atoms with van der Waals surface area (Å²) in [7, 11) is 0. The molecule has 0 aromatic rings. The largest absolute Gasteiger partial charge is 0.339 e. The fourth-order valence-electron chi connectivity index (χ4n) is 3.46. The molecule has 0 unspecified atom stereocenters. The highest BCUT2D eigenvalue weighted by Crippen LogP contribution is 2.28. The second-order valence-electron chi connectivity index (χ2n) is 6.02. The Morgan fingerprint density at radius 1 is 1.26 bits per heavy atom. The van der Waals surface area contributed by atoms with Gasteiger partial charge in [-0.3, -0.25) is 4.79 Å². The molecule has 2 fully saturated rings. The van der Waals surface area contributed by atoms with Gasteiger partial charge in [0.2, 0.25) is 5.91 Å². The van der Waals surface area contributed by atoms with Crippen LogP contribution in [0, 0.1) is 5.92 Å². The van der Waals surface area contributed by atoms with E-state index in [1.54, 1.807) is 0 Å². The van der Waals surface area contributed by atoms with Crippen LogP contribution in [0.15, 0.2) is 12.7 Å². The van der Waals surface area contributed by atoms with Gasteiger partial charge in [0, 0.05) is 25.6 Å². The molecule has 0 aromatic carbocycles. The first-order chi connectivity index (χ1) is 9.31. The monoisotopic (exact) mass is 264 g/mol. The van der Waals surface area contributed by atoms with Gasteiger partial charge in [0.05, 0.1) is 0 Å². The van der Waals surface area contributed by atoms with Gasteiger partial charge in [-0.1, -0.05) is 25.3 Å². The number of amides is 1. The molecule has 2 rings (SSSR count). The number of hydrogen-bond acceptors (Lipinski definition) is 2. The van der Waals surface area contributed by atoms with E-state index < -0.39 is 0 Å². The third kappa shape index (κ3) is 4.34. The van der Waals surface area contributed by atoms with Gasteiger partial charge in [-0.05, 0) is 38.1 Å². The molecule has 0 radical (unpaired) electrons. The van der Waals surface area contributed by atoms with E-state index >= 15 is 0 Å². The number of likely N-dealkylation sites (tertiary alicyclic amines) is 1. The quantitative estimate of drug-likeness (QED) is 0.566. The van der Waals surface area contributed by atoms with Crippen molar-refractivity contribution in [3.63, 3.8) is 0 Å². The van der Waals surface area contributed by atoms with Crippen LogP contribution >= 0.6 is 0 Å². The predicted molar refractivity (Wildman–Crippen MR) is 79.0 cm³/mol. The topological polar surface area (TPSA) is 32.3 Å². The molecule has 108 valence electrons. The van der Waals surface area contributed by atoms with E-state index in [0.717, 1.165) is 44.8 Å². The maximum atomic E-state index is 12.0. The first-order valence-corrected chi connectivity index (χ1v) is 7.92. The molecule has 0 spiro atoms. The first kappa shape index (κ1) is 14.6. The Morgan fingerprint density at radius 2 is 2.05 bits per heavy atom. The lowest BCUT2D eigenvalue weighted by Crippen LogP contribution is -2.39. The van der Waals surface area contributed by atoms with Gasteiger partial charge in [-0.25, -0.2) is 0 Å². The fourth-order valence-corrected chi connectivity index (χ4v) is 3.46. The second-order valence-corrected chi connectivity index (χ2v) is 6.02. The van der Waals surface area contributed by atoms with Crippen LogP contribution in [0.25, 0.3) is 0 Å². The van der Waals surface area contributed by atoms with Crippen LogP contribution in [-0.4, -0.2) is 36.5 Å². The summed E-state index contributed by atoms with van der Waals surface area (Å²) in [5.74, 6) is 1.15. The van der Waals surface area contributed by atoms with E-state index in [1.807, 2.05) is 6.08 Å². The molecule has 3 heteroatoms. The normalized spacial score (nSPS) is 24.9. The van der Waals surface area contributed by atoms with Crippen molar-refractivity contribution in [2.45, 2.75) is 57.4 Å². The Hall–Kier alpha value is -0.830. The highest BCUT2D eigenvalue weighted by molar-refractivity contribution is 5.78. The van der Waals surface area contributed by atoms with E-state index in [9.17, 15) is 4.79 Å². The van der Waals surface area contributed by atoms with Crippen molar-refractivity contribution < 1.29 is 4.79 Å². The summed E-state index contributed by atoms with van der Waals surface area (Å²) in [5, 5.41) is 3.34. The molecule has 3 nitrogen and oxygen atoms in total. The Labute approximate surface area is 117 Å². The Bertz CT molecular complexity index is 297. The summed E-state index contributed by atoms with van der Waals surface area (Å²) in [6.07, 6.45) is 11.6. The van der Waals surface area contributed by atoms with Gasteiger partial charge in [0.1, 0.15) is 0 Å². The smallest absolute Gasteiger partial charge is 0.222 e. The van der Waals surface area contributed by atoms with Crippen LogP contribution in [0.5, 0.6) is 0 Å². The fraction of sp³-hybridized carbons (Fsp3) is 0.812. The molecule has 1 aliphatic carbocycles. The van der Waals surface area contributed by atoms with Crippen molar-refractivity contribution in [1.82, 2.24) is 10.2 Å². The standard InChI is InChI=1S/C16H28N2O/c1-2-11-17-12-10-15-8-9-16(19)18(15)13-14-6-4-3-5-7-14/h2,14-15,17H,1,3-13H2/t15-/m0/s1. The summed E-state index contributed by atoms with van der Waals surface area (Å²) in [6.45, 7) is 6.58. The van der Waals surface area contributed by atoms with E-state index in [4.69, 9.17) is 0 Å². The second kappa shape index (κ2) is 7.68. The minimum Gasteiger partial charge on any atom is -0.339 e. The molecular formula is C16H28N2O. The molecule has 0 bridgehead atoms. The van der Waals surface area contributed by atoms with Crippen LogP contribution in [0.3, 0.4) is 0 Å². The van der Waals surface area contributed by atoms with Gasteiger partial charge >= 0.3 is 0 Å². The van der Waals surface area contributed by atoms with E-state index in [0.29, 0.717) is 11.9 Å². The third-order valence-corrected chi connectivity index (χ3v) is 4.58. The molecule has 1 N–H and O–H groups in total. The molecule has 0 aromatic heterocycles. The number of nitrogens with zero attached hydrogens (tertiary/aromatic N) is 1. The first-order valence-electron chi connectivity index (χ1n) is 7.92. The van der Waals surface area contributed by atoms with Gasteiger partial charge in [-0.15, -0.1) is 6.58 Å². The molecule has 2 aliphatic rings. The van der Waals surface area contributed by atoms with Gasteiger partial charge in [0.15, 0.2) is 0 Å². The third-order valence-electron chi connectivity index (χ3n) is 4.58. The number of carbonyl (C=O) groups excluding carboxylic acids is 1. The molecule has 1 saturated carbocycles. The minimum absolute atomic E-state index is 0.388. The predicted octanol–water partition coefficient (Wildman–Crippen LogP) is 2.72. The van der Waals surface area contributed by atoms with Crippen LogP contribution in [0.2, 0.25) is 0 Å². The molecule has 1 amide bonds. The van der Waals surface area contributed by atoms with Crippen LogP contribution in [-0.2, 0) is 4.79 Å². The summed E-state index contributed by atoms with van der Waals surface area (Å²) in [4.78, 5) is 14.2. The lowest BCUT2D eigenvalue weighted by Gasteiger charge is -2.31. The van der Waals surface area contributed by atoms with Crippen molar-refractivity contribution in [2.24, 2.45) is 5.92 Å². The average Bonchev–Trinajstić information content (AvgIpc) is 2.78. The Kier molecular flexibility index (Phi) is 5.90. The van der Waals surface area contributed by atoms with E-state index in [2.05, 4.69) is 16.8 Å². The maximum Gasteiger partial charge on any atom is 0.222 e. The van der Waals surface area contributed by atoms with E-state index in [1.165, 1.54) is 32.1 Å². The van der Waals surface area contributed by atoms with Crippen LogP contribution < -0.4 is 5.32 Å². The molecule has 1 heterocycles. The zero-order chi connectivity index (χ0) is 13.5. The summed E-state index contributed by atoms with van der Waals surface area (Å²) in [5.41, 5.74) is 0. The minimum atomic E-state index is 0.388. The zero-order valence-electron chi connectivity index (χ0n) is 12.1. The van der Waals surface area contributed by atoms with Crippen molar-refractivity contribution in [2.75, 3.05) is 19.6 Å². The number of nitrogens with one attached hydrogen (secondary N) is 1. The Morgan fingerprint density at radius 3 is 2.79 bits per heavy atom. The lowest BCUT2D eigenvalue weighted by atomic mass is 9.88. The van der Waals surface area contributed by atoms with Crippen LogP contribution in [0.4, 0.5) is 0 Å². The summed E-state index contributed by atoms with van der Waals surface area (Å²) < 4.78 is 0. The molecule has 1 aliphatic heterocycles. The van der Waals surface area contributed by atoms with Crippen molar-refractivity contribution >= 4 is 5.91 Å². The van der Waals surface area contributed by atoms with Gasteiger partial charge in [-0.2, -0.15) is 0 Å². The highest BCUT2D eigenvalue weighted by Gasteiger charge is 2.32. The molecule has 19 heavy (non-hydrogen) atoms. The molecule has 1 atom stereocenters. The molecule has 1 saturated heterocycles. The maximum absolute atomic E-state index is 12.0. The van der Waals surface area contributed by atoms with Gasteiger partial charge < -0.3 is 10.2 Å². The Balaban J connectivity index is 1.77. The lowest BCUT2D eigenvalue weighted by molar-refractivity contribution is -0.129. The zero-order valence-corrected chi connectivity index (χ0v) is 12.1. The average molecular weight is 264 g/mol.